The predicted molar refractivity (Wildman–Crippen MR) is 83.1 cm³/mol. The van der Waals surface area contributed by atoms with Crippen molar-refractivity contribution >= 4 is 33.3 Å². The Morgan fingerprint density at radius 2 is 1.63 bits per heavy atom. The van der Waals surface area contributed by atoms with E-state index >= 15 is 0 Å². The first-order valence-corrected chi connectivity index (χ1v) is 7.26. The summed E-state index contributed by atoms with van der Waals surface area (Å²) in [5.74, 6) is 0.455. The summed E-state index contributed by atoms with van der Waals surface area (Å²) in [7, 11) is 0. The first-order valence-electron chi connectivity index (χ1n) is 6.08. The molecule has 0 heterocycles. The van der Waals surface area contributed by atoms with Gasteiger partial charge in [0.15, 0.2) is 5.78 Å². The molecular formula is C16H14BrClO. The third kappa shape index (κ3) is 3.26. The Morgan fingerprint density at radius 3 is 2.16 bits per heavy atom. The van der Waals surface area contributed by atoms with Crippen LogP contribution in [0.25, 0.3) is 0 Å². The van der Waals surface area contributed by atoms with Gasteiger partial charge in [-0.05, 0) is 45.6 Å². The molecule has 0 aliphatic rings. The Kier molecular flexibility index (Phi) is 4.43. The maximum Gasteiger partial charge on any atom is 0.193 e. The number of hydrogen-bond acceptors (Lipinski definition) is 1. The summed E-state index contributed by atoms with van der Waals surface area (Å²) in [6.07, 6.45) is 0. The van der Waals surface area contributed by atoms with Gasteiger partial charge in [0.2, 0.25) is 0 Å². The van der Waals surface area contributed by atoms with Gasteiger partial charge in [-0.2, -0.15) is 0 Å². The smallest absolute Gasteiger partial charge is 0.193 e. The highest BCUT2D eigenvalue weighted by atomic mass is 79.9. The van der Waals surface area contributed by atoms with E-state index in [4.69, 9.17) is 11.6 Å². The molecular weight excluding hydrogens is 324 g/mol. The van der Waals surface area contributed by atoms with Gasteiger partial charge in [0.1, 0.15) is 0 Å². The van der Waals surface area contributed by atoms with E-state index in [9.17, 15) is 4.79 Å². The molecule has 0 fully saturated rings. The molecule has 0 spiro atoms. The Hall–Kier alpha value is -1.12. The highest BCUT2D eigenvalue weighted by molar-refractivity contribution is 9.10. The number of rotatable bonds is 3. The van der Waals surface area contributed by atoms with Crippen molar-refractivity contribution < 1.29 is 4.79 Å². The minimum atomic E-state index is -0.00953. The number of benzene rings is 2. The van der Waals surface area contributed by atoms with Crippen molar-refractivity contribution in [3.63, 3.8) is 0 Å². The van der Waals surface area contributed by atoms with E-state index in [-0.39, 0.29) is 5.78 Å². The van der Waals surface area contributed by atoms with Crippen molar-refractivity contribution in [2.24, 2.45) is 0 Å². The number of carbonyl (C=O) groups excluding carboxylic acids is 1. The average Bonchev–Trinajstić information content (AvgIpc) is 2.41. The van der Waals surface area contributed by atoms with Crippen LogP contribution in [0.3, 0.4) is 0 Å². The molecule has 0 aromatic heterocycles. The van der Waals surface area contributed by atoms with Gasteiger partial charge in [-0.25, -0.2) is 0 Å². The van der Waals surface area contributed by atoms with Crippen LogP contribution >= 0.6 is 27.5 Å². The number of ketones is 1. The molecule has 0 atom stereocenters. The van der Waals surface area contributed by atoms with Crippen molar-refractivity contribution in [1.82, 2.24) is 0 Å². The molecule has 1 nitrogen and oxygen atoms in total. The molecule has 2 aromatic carbocycles. The van der Waals surface area contributed by atoms with E-state index in [0.717, 1.165) is 4.47 Å². The van der Waals surface area contributed by atoms with Crippen LogP contribution in [-0.4, -0.2) is 5.78 Å². The number of carbonyl (C=O) groups is 1. The first-order chi connectivity index (χ1) is 8.99. The van der Waals surface area contributed by atoms with Gasteiger partial charge in [0, 0.05) is 15.6 Å². The standard InChI is InChI=1S/C16H14BrClO/c1-10(2)11-3-5-12(6-4-11)16(19)13-7-8-14(17)15(18)9-13/h3-10H,1-2H3. The average molecular weight is 338 g/mol. The highest BCUT2D eigenvalue weighted by Crippen LogP contribution is 2.24. The molecule has 19 heavy (non-hydrogen) atoms. The second-order valence-electron chi connectivity index (χ2n) is 4.73. The lowest BCUT2D eigenvalue weighted by Crippen LogP contribution is -2.01. The molecule has 0 N–H and O–H groups in total. The summed E-state index contributed by atoms with van der Waals surface area (Å²) in [5.41, 5.74) is 2.51. The summed E-state index contributed by atoms with van der Waals surface area (Å²) in [6.45, 7) is 4.26. The van der Waals surface area contributed by atoms with Crippen LogP contribution in [0.4, 0.5) is 0 Å². The zero-order valence-corrected chi connectivity index (χ0v) is 13.1. The monoisotopic (exact) mass is 336 g/mol. The molecule has 3 heteroatoms. The predicted octanol–water partition coefficient (Wildman–Crippen LogP) is 5.46. The largest absolute Gasteiger partial charge is 0.289 e. The van der Waals surface area contributed by atoms with Crippen molar-refractivity contribution in [3.8, 4) is 0 Å². The third-order valence-electron chi connectivity index (χ3n) is 3.02. The Labute approximate surface area is 126 Å². The van der Waals surface area contributed by atoms with Gasteiger partial charge in [-0.3, -0.25) is 4.79 Å². The fraction of sp³-hybridized carbons (Fsp3) is 0.188. The van der Waals surface area contributed by atoms with Gasteiger partial charge < -0.3 is 0 Å². The number of halogens is 2. The first kappa shape index (κ1) is 14.3. The van der Waals surface area contributed by atoms with Crippen molar-refractivity contribution in [1.29, 1.82) is 0 Å². The molecule has 0 radical (unpaired) electrons. The molecule has 0 aliphatic carbocycles. The molecule has 98 valence electrons. The lowest BCUT2D eigenvalue weighted by atomic mass is 9.98. The van der Waals surface area contributed by atoms with Gasteiger partial charge in [-0.1, -0.05) is 49.7 Å². The normalized spacial score (nSPS) is 10.8. The van der Waals surface area contributed by atoms with Crippen molar-refractivity contribution in [2.45, 2.75) is 19.8 Å². The van der Waals surface area contributed by atoms with E-state index in [1.54, 1.807) is 18.2 Å². The SMILES string of the molecule is CC(C)c1ccc(C(=O)c2ccc(Br)c(Cl)c2)cc1. The van der Waals surface area contributed by atoms with E-state index < -0.39 is 0 Å². The highest BCUT2D eigenvalue weighted by Gasteiger charge is 2.11. The van der Waals surface area contributed by atoms with Crippen molar-refractivity contribution in [2.75, 3.05) is 0 Å². The zero-order chi connectivity index (χ0) is 14.0. The Balaban J connectivity index is 2.30. The van der Waals surface area contributed by atoms with Gasteiger partial charge in [0.25, 0.3) is 0 Å². The second-order valence-corrected chi connectivity index (χ2v) is 6.00. The third-order valence-corrected chi connectivity index (χ3v) is 4.25. The molecule has 0 unspecified atom stereocenters. The minimum Gasteiger partial charge on any atom is -0.289 e. The van der Waals surface area contributed by atoms with E-state index in [1.165, 1.54) is 5.56 Å². The summed E-state index contributed by atoms with van der Waals surface area (Å²) in [5, 5.41) is 0.546. The Morgan fingerprint density at radius 1 is 1.05 bits per heavy atom. The zero-order valence-electron chi connectivity index (χ0n) is 10.8. The summed E-state index contributed by atoms with van der Waals surface area (Å²) < 4.78 is 0.792. The molecule has 0 amide bonds. The maximum atomic E-state index is 12.3. The van der Waals surface area contributed by atoms with Crippen LogP contribution < -0.4 is 0 Å². The summed E-state index contributed by atoms with van der Waals surface area (Å²) in [4.78, 5) is 12.3. The van der Waals surface area contributed by atoms with Crippen LogP contribution in [-0.2, 0) is 0 Å². The van der Waals surface area contributed by atoms with E-state index in [0.29, 0.717) is 22.1 Å². The van der Waals surface area contributed by atoms with Crippen LogP contribution in [0.15, 0.2) is 46.9 Å². The summed E-state index contributed by atoms with van der Waals surface area (Å²) >= 11 is 9.33. The molecule has 0 saturated heterocycles. The fourth-order valence-electron chi connectivity index (χ4n) is 1.82. The molecule has 0 saturated carbocycles. The van der Waals surface area contributed by atoms with Crippen LogP contribution in [0.1, 0.15) is 41.3 Å². The lowest BCUT2D eigenvalue weighted by molar-refractivity contribution is 0.103. The van der Waals surface area contributed by atoms with Gasteiger partial charge in [-0.15, -0.1) is 0 Å². The molecule has 0 aliphatic heterocycles. The van der Waals surface area contributed by atoms with Crippen LogP contribution in [0, 0.1) is 0 Å². The van der Waals surface area contributed by atoms with Gasteiger partial charge >= 0.3 is 0 Å². The van der Waals surface area contributed by atoms with Crippen LogP contribution in [0.2, 0.25) is 5.02 Å². The van der Waals surface area contributed by atoms with Gasteiger partial charge in [0.05, 0.1) is 5.02 Å². The molecule has 0 bridgehead atoms. The number of hydrogen-bond donors (Lipinski definition) is 0. The lowest BCUT2D eigenvalue weighted by Gasteiger charge is -2.07. The minimum absolute atomic E-state index is 0.00953. The van der Waals surface area contributed by atoms with Crippen LogP contribution in [0.5, 0.6) is 0 Å². The van der Waals surface area contributed by atoms with Crippen molar-refractivity contribution in [3.05, 3.63) is 68.7 Å². The topological polar surface area (TPSA) is 17.1 Å². The molecule has 2 rings (SSSR count). The van der Waals surface area contributed by atoms with E-state index in [2.05, 4.69) is 29.8 Å². The second kappa shape index (κ2) is 5.89. The summed E-state index contributed by atoms with van der Waals surface area (Å²) in [6, 6.07) is 13.0. The molecule has 2 aromatic rings. The van der Waals surface area contributed by atoms with E-state index in [1.807, 2.05) is 24.3 Å². The Bertz CT molecular complexity index is 603. The quantitative estimate of drug-likeness (QED) is 0.680. The fourth-order valence-corrected chi connectivity index (χ4v) is 2.25. The maximum absolute atomic E-state index is 12.3.